The van der Waals surface area contributed by atoms with Crippen LogP contribution in [0.1, 0.15) is 33.9 Å². The molecule has 0 spiro atoms. The smallest absolute Gasteiger partial charge is 0.244 e. The Balaban J connectivity index is 1.60. The number of carbonyl (C=O) groups excluding carboxylic acids is 1. The first kappa shape index (κ1) is 22.0. The number of methoxy groups -OCH3 is 1. The van der Waals surface area contributed by atoms with E-state index in [1.807, 2.05) is 69.3 Å². The molecule has 3 rings (SSSR count). The van der Waals surface area contributed by atoms with Gasteiger partial charge in [-0.25, -0.2) is 0 Å². The molecule has 0 saturated heterocycles. The van der Waals surface area contributed by atoms with Crippen LogP contribution in [0, 0.1) is 20.8 Å². The van der Waals surface area contributed by atoms with E-state index in [9.17, 15) is 4.79 Å². The molecule has 0 fully saturated rings. The molecule has 6 nitrogen and oxygen atoms in total. The van der Waals surface area contributed by atoms with Crippen LogP contribution < -0.4 is 14.8 Å². The molecule has 31 heavy (non-hydrogen) atoms. The van der Waals surface area contributed by atoms with Crippen molar-refractivity contribution >= 4 is 12.0 Å². The van der Waals surface area contributed by atoms with Crippen molar-refractivity contribution in [1.82, 2.24) is 15.3 Å². The van der Waals surface area contributed by atoms with E-state index in [0.717, 1.165) is 33.9 Å². The van der Waals surface area contributed by atoms with Crippen molar-refractivity contribution < 1.29 is 14.3 Å². The number of nitrogens with zero attached hydrogens (tertiary/aromatic N) is 2. The first-order chi connectivity index (χ1) is 15.0. The van der Waals surface area contributed by atoms with Gasteiger partial charge in [0.15, 0.2) is 11.5 Å². The zero-order chi connectivity index (χ0) is 22.2. The van der Waals surface area contributed by atoms with Crippen LogP contribution in [0.15, 0.2) is 54.6 Å². The number of carbonyl (C=O) groups is 1. The first-order valence-corrected chi connectivity index (χ1v) is 10.1. The molecule has 0 saturated carbocycles. The molecule has 0 aliphatic heterocycles. The lowest BCUT2D eigenvalue weighted by Crippen LogP contribution is -2.20. The molecule has 1 aromatic heterocycles. The topological polar surface area (TPSA) is 73.3 Å². The number of rotatable bonds is 8. The monoisotopic (exact) mass is 417 g/mol. The predicted octanol–water partition coefficient (Wildman–Crippen LogP) is 4.32. The molecule has 1 heterocycles. The van der Waals surface area contributed by atoms with Gasteiger partial charge < -0.3 is 14.8 Å². The minimum atomic E-state index is -0.160. The second-order valence-corrected chi connectivity index (χ2v) is 7.16. The molecule has 3 aromatic rings. The largest absolute Gasteiger partial charge is 0.493 e. The summed E-state index contributed by atoms with van der Waals surface area (Å²) in [6, 6.07) is 15.3. The van der Waals surface area contributed by atoms with E-state index in [4.69, 9.17) is 9.47 Å². The lowest BCUT2D eigenvalue weighted by Gasteiger charge is -2.13. The molecular weight excluding hydrogens is 390 g/mol. The Labute approximate surface area is 183 Å². The normalized spacial score (nSPS) is 10.8. The van der Waals surface area contributed by atoms with Crippen LogP contribution in [-0.4, -0.2) is 23.0 Å². The average Bonchev–Trinajstić information content (AvgIpc) is 2.78. The summed E-state index contributed by atoms with van der Waals surface area (Å²) in [4.78, 5) is 21.2. The lowest BCUT2D eigenvalue weighted by molar-refractivity contribution is -0.116. The molecule has 0 atom stereocenters. The predicted molar refractivity (Wildman–Crippen MR) is 121 cm³/mol. The molecule has 0 unspecified atom stereocenters. The van der Waals surface area contributed by atoms with Gasteiger partial charge in [0.05, 0.1) is 29.9 Å². The van der Waals surface area contributed by atoms with Gasteiger partial charge in [-0.05, 0) is 50.1 Å². The van der Waals surface area contributed by atoms with Gasteiger partial charge in [-0.15, -0.1) is 0 Å². The fourth-order valence-electron chi connectivity index (χ4n) is 2.97. The van der Waals surface area contributed by atoms with Gasteiger partial charge in [-0.3, -0.25) is 14.8 Å². The Morgan fingerprint density at radius 2 is 1.71 bits per heavy atom. The molecule has 1 N–H and O–H groups in total. The van der Waals surface area contributed by atoms with Crippen LogP contribution in [0.3, 0.4) is 0 Å². The highest BCUT2D eigenvalue weighted by atomic mass is 16.5. The zero-order valence-corrected chi connectivity index (χ0v) is 18.3. The number of nitrogens with one attached hydrogen (secondary N) is 1. The molecule has 0 bridgehead atoms. The third kappa shape index (κ3) is 6.15. The van der Waals surface area contributed by atoms with Gasteiger partial charge in [-0.2, -0.15) is 0 Å². The number of hydrogen-bond donors (Lipinski definition) is 1. The summed E-state index contributed by atoms with van der Waals surface area (Å²) < 4.78 is 11.4. The SMILES string of the molecule is COc1cc(CNC(=O)/C=C/c2ccccc2)ccc1OCc1nc(C)c(C)nc1C. The van der Waals surface area contributed by atoms with Crippen LogP contribution in [-0.2, 0) is 17.9 Å². The van der Waals surface area contributed by atoms with Gasteiger partial charge in [0.2, 0.25) is 5.91 Å². The fraction of sp³-hybridized carbons (Fsp3) is 0.240. The highest BCUT2D eigenvalue weighted by Gasteiger charge is 2.10. The maximum Gasteiger partial charge on any atom is 0.244 e. The Bertz CT molecular complexity index is 1080. The summed E-state index contributed by atoms with van der Waals surface area (Å²) in [7, 11) is 1.59. The Morgan fingerprint density at radius 3 is 2.45 bits per heavy atom. The molecule has 0 aliphatic rings. The van der Waals surface area contributed by atoms with Crippen molar-refractivity contribution in [3.8, 4) is 11.5 Å². The molecule has 0 aliphatic carbocycles. The maximum atomic E-state index is 12.1. The highest BCUT2D eigenvalue weighted by molar-refractivity contribution is 5.91. The van der Waals surface area contributed by atoms with Crippen LogP contribution >= 0.6 is 0 Å². The average molecular weight is 418 g/mol. The molecule has 0 radical (unpaired) electrons. The summed E-state index contributed by atoms with van der Waals surface area (Å²) in [6.45, 7) is 6.49. The number of hydrogen-bond acceptors (Lipinski definition) is 5. The maximum absolute atomic E-state index is 12.1. The van der Waals surface area contributed by atoms with E-state index in [0.29, 0.717) is 24.7 Å². The van der Waals surface area contributed by atoms with Crippen molar-refractivity contribution in [2.45, 2.75) is 33.9 Å². The van der Waals surface area contributed by atoms with E-state index in [2.05, 4.69) is 15.3 Å². The van der Waals surface area contributed by atoms with Crippen molar-refractivity contribution in [2.24, 2.45) is 0 Å². The van der Waals surface area contributed by atoms with Crippen LogP contribution in [0.2, 0.25) is 0 Å². The summed E-state index contributed by atoms with van der Waals surface area (Å²) in [5.74, 6) is 1.05. The number of aryl methyl sites for hydroxylation is 3. The zero-order valence-electron chi connectivity index (χ0n) is 18.3. The lowest BCUT2D eigenvalue weighted by atomic mass is 10.2. The van der Waals surface area contributed by atoms with E-state index < -0.39 is 0 Å². The number of ether oxygens (including phenoxy) is 2. The quantitative estimate of drug-likeness (QED) is 0.553. The van der Waals surface area contributed by atoms with Crippen molar-refractivity contribution in [2.75, 3.05) is 7.11 Å². The van der Waals surface area contributed by atoms with Crippen LogP contribution in [0.4, 0.5) is 0 Å². The van der Waals surface area contributed by atoms with Crippen molar-refractivity contribution in [3.05, 3.63) is 88.5 Å². The summed E-state index contributed by atoms with van der Waals surface area (Å²) in [5.41, 5.74) is 5.35. The van der Waals surface area contributed by atoms with Crippen molar-refractivity contribution in [1.29, 1.82) is 0 Å². The summed E-state index contributed by atoms with van der Waals surface area (Å²) >= 11 is 0. The minimum Gasteiger partial charge on any atom is -0.493 e. The molecule has 2 aromatic carbocycles. The summed E-state index contributed by atoms with van der Waals surface area (Å²) in [5, 5.41) is 2.88. The van der Waals surface area contributed by atoms with Gasteiger partial charge in [0.1, 0.15) is 6.61 Å². The Morgan fingerprint density at radius 1 is 0.968 bits per heavy atom. The van der Waals surface area contributed by atoms with Gasteiger partial charge in [-0.1, -0.05) is 36.4 Å². The highest BCUT2D eigenvalue weighted by Crippen LogP contribution is 2.29. The second-order valence-electron chi connectivity index (χ2n) is 7.16. The third-order valence-electron chi connectivity index (χ3n) is 4.87. The number of amides is 1. The molecule has 160 valence electrons. The fourth-order valence-corrected chi connectivity index (χ4v) is 2.97. The Hall–Kier alpha value is -3.67. The van der Waals surface area contributed by atoms with Gasteiger partial charge in [0, 0.05) is 12.6 Å². The standard InChI is InChI=1S/C25H27N3O3/c1-17-18(2)28-22(19(3)27-17)16-31-23-12-10-21(14-24(23)30-4)15-26-25(29)13-11-20-8-6-5-7-9-20/h5-14H,15-16H2,1-4H3,(H,26,29)/b13-11+. The third-order valence-corrected chi connectivity index (χ3v) is 4.87. The Kier molecular flexibility index (Phi) is 7.38. The van der Waals surface area contributed by atoms with E-state index in [1.54, 1.807) is 13.2 Å². The van der Waals surface area contributed by atoms with Crippen molar-refractivity contribution in [3.63, 3.8) is 0 Å². The van der Waals surface area contributed by atoms with Crippen LogP contribution in [0.25, 0.3) is 6.08 Å². The number of benzene rings is 2. The number of aromatic nitrogens is 2. The van der Waals surface area contributed by atoms with E-state index >= 15 is 0 Å². The van der Waals surface area contributed by atoms with E-state index in [-0.39, 0.29) is 5.91 Å². The first-order valence-electron chi connectivity index (χ1n) is 10.1. The second kappa shape index (κ2) is 10.4. The summed E-state index contributed by atoms with van der Waals surface area (Å²) in [6.07, 6.45) is 3.31. The minimum absolute atomic E-state index is 0.160. The van der Waals surface area contributed by atoms with E-state index in [1.165, 1.54) is 6.08 Å². The van der Waals surface area contributed by atoms with Gasteiger partial charge >= 0.3 is 0 Å². The molecular formula is C25H27N3O3. The molecule has 6 heteroatoms. The van der Waals surface area contributed by atoms with Gasteiger partial charge in [0.25, 0.3) is 0 Å². The van der Waals surface area contributed by atoms with Crippen LogP contribution in [0.5, 0.6) is 11.5 Å². The molecule has 1 amide bonds.